The van der Waals surface area contributed by atoms with Gasteiger partial charge in [-0.05, 0) is 29.2 Å². The van der Waals surface area contributed by atoms with Gasteiger partial charge in [0.1, 0.15) is 5.75 Å². The fourth-order valence-corrected chi connectivity index (χ4v) is 1.59. The van der Waals surface area contributed by atoms with E-state index in [0.717, 1.165) is 0 Å². The fraction of sp³-hybridized carbons (Fsp3) is 0.267. The van der Waals surface area contributed by atoms with E-state index in [-0.39, 0.29) is 11.3 Å². The summed E-state index contributed by atoms with van der Waals surface area (Å²) in [5.41, 5.74) is 1.33. The average molecular weight is 245 g/mol. The van der Waals surface area contributed by atoms with Crippen LogP contribution in [0, 0.1) is 5.95 Å². The van der Waals surface area contributed by atoms with E-state index in [4.69, 9.17) is 4.74 Å². The molecule has 1 aromatic carbocycles. The lowest BCUT2D eigenvalue weighted by atomic mass is 9.87. The zero-order valence-corrected chi connectivity index (χ0v) is 10.8. The molecule has 0 atom stereocenters. The third kappa shape index (κ3) is 3.06. The summed E-state index contributed by atoms with van der Waals surface area (Å²) in [5.74, 6) is 0.374. The van der Waals surface area contributed by atoms with Crippen molar-refractivity contribution in [3.05, 3.63) is 54.0 Å². The Hall–Kier alpha value is -1.90. The monoisotopic (exact) mass is 245 g/mol. The second kappa shape index (κ2) is 4.77. The van der Waals surface area contributed by atoms with Gasteiger partial charge >= 0.3 is 0 Å². The van der Waals surface area contributed by atoms with Gasteiger partial charge in [-0.1, -0.05) is 39.0 Å². The van der Waals surface area contributed by atoms with Crippen LogP contribution >= 0.6 is 0 Å². The maximum Gasteiger partial charge on any atom is 0.221 e. The molecule has 0 fully saturated rings. The van der Waals surface area contributed by atoms with Crippen LogP contribution in [0.2, 0.25) is 0 Å². The molecule has 3 heteroatoms. The van der Waals surface area contributed by atoms with Crippen LogP contribution in [-0.2, 0) is 5.41 Å². The Bertz CT molecular complexity index is 529. The minimum atomic E-state index is -0.543. The molecule has 0 radical (unpaired) electrons. The molecule has 2 aromatic rings. The highest BCUT2D eigenvalue weighted by Crippen LogP contribution is 2.26. The molecule has 0 saturated heterocycles. The number of pyridine rings is 1. The molecular formula is C15H16FNO. The number of nitrogens with zero attached hydrogens (tertiary/aromatic N) is 1. The highest BCUT2D eigenvalue weighted by molar-refractivity contribution is 5.33. The molecule has 0 aliphatic carbocycles. The molecule has 1 heterocycles. The Morgan fingerprint density at radius 2 is 1.67 bits per heavy atom. The van der Waals surface area contributed by atoms with E-state index < -0.39 is 5.95 Å². The SMILES string of the molecule is CC(C)(C)c1ccc(Oc2cccc(F)n2)cc1. The number of hydrogen-bond donors (Lipinski definition) is 0. The van der Waals surface area contributed by atoms with Crippen molar-refractivity contribution in [1.29, 1.82) is 0 Å². The molecule has 0 saturated carbocycles. The van der Waals surface area contributed by atoms with E-state index in [0.29, 0.717) is 5.75 Å². The van der Waals surface area contributed by atoms with Crippen molar-refractivity contribution in [3.8, 4) is 11.6 Å². The highest BCUT2D eigenvalue weighted by Gasteiger charge is 2.13. The van der Waals surface area contributed by atoms with Gasteiger partial charge < -0.3 is 4.74 Å². The molecule has 0 amide bonds. The van der Waals surface area contributed by atoms with Crippen molar-refractivity contribution in [2.45, 2.75) is 26.2 Å². The van der Waals surface area contributed by atoms with Crippen molar-refractivity contribution >= 4 is 0 Å². The number of rotatable bonds is 2. The van der Waals surface area contributed by atoms with Gasteiger partial charge in [0.05, 0.1) is 0 Å². The van der Waals surface area contributed by atoms with Crippen molar-refractivity contribution in [2.24, 2.45) is 0 Å². The zero-order chi connectivity index (χ0) is 13.2. The first kappa shape index (κ1) is 12.6. The average Bonchev–Trinajstić information content (AvgIpc) is 2.28. The third-order valence-corrected chi connectivity index (χ3v) is 2.63. The fourth-order valence-electron chi connectivity index (χ4n) is 1.59. The quantitative estimate of drug-likeness (QED) is 0.735. The van der Waals surface area contributed by atoms with Crippen LogP contribution in [0.3, 0.4) is 0 Å². The minimum Gasteiger partial charge on any atom is -0.439 e. The van der Waals surface area contributed by atoms with Crippen LogP contribution in [0.1, 0.15) is 26.3 Å². The first-order valence-corrected chi connectivity index (χ1v) is 5.86. The summed E-state index contributed by atoms with van der Waals surface area (Å²) < 4.78 is 18.4. The van der Waals surface area contributed by atoms with Crippen LogP contribution in [0.4, 0.5) is 4.39 Å². The Kier molecular flexibility index (Phi) is 3.32. The molecule has 1 aromatic heterocycles. The second-order valence-electron chi connectivity index (χ2n) is 5.17. The van der Waals surface area contributed by atoms with Crippen molar-refractivity contribution in [2.75, 3.05) is 0 Å². The van der Waals surface area contributed by atoms with Gasteiger partial charge in [-0.2, -0.15) is 9.37 Å². The van der Waals surface area contributed by atoms with Gasteiger partial charge in [0.2, 0.25) is 11.8 Å². The van der Waals surface area contributed by atoms with Gasteiger partial charge in [0.25, 0.3) is 0 Å². The molecule has 94 valence electrons. The Morgan fingerprint density at radius 3 is 2.22 bits per heavy atom. The van der Waals surface area contributed by atoms with Crippen LogP contribution in [0.15, 0.2) is 42.5 Å². The lowest BCUT2D eigenvalue weighted by molar-refractivity contribution is 0.444. The Labute approximate surface area is 106 Å². The third-order valence-electron chi connectivity index (χ3n) is 2.63. The summed E-state index contributed by atoms with van der Waals surface area (Å²) in [4.78, 5) is 3.65. The van der Waals surface area contributed by atoms with E-state index in [1.807, 2.05) is 24.3 Å². The smallest absolute Gasteiger partial charge is 0.221 e. The number of halogens is 1. The number of benzene rings is 1. The van der Waals surface area contributed by atoms with Gasteiger partial charge in [-0.15, -0.1) is 0 Å². The highest BCUT2D eigenvalue weighted by atomic mass is 19.1. The lowest BCUT2D eigenvalue weighted by Gasteiger charge is -2.19. The molecule has 2 nitrogen and oxygen atoms in total. The molecular weight excluding hydrogens is 229 g/mol. The summed E-state index contributed by atoms with van der Waals surface area (Å²) in [5, 5.41) is 0. The van der Waals surface area contributed by atoms with E-state index in [9.17, 15) is 4.39 Å². The van der Waals surface area contributed by atoms with E-state index in [2.05, 4.69) is 25.8 Å². The predicted octanol–water partition coefficient (Wildman–Crippen LogP) is 4.31. The van der Waals surface area contributed by atoms with Crippen LogP contribution < -0.4 is 4.74 Å². The van der Waals surface area contributed by atoms with E-state index >= 15 is 0 Å². The number of ether oxygens (including phenoxy) is 1. The molecule has 0 aliphatic rings. The van der Waals surface area contributed by atoms with Crippen LogP contribution in [-0.4, -0.2) is 4.98 Å². The summed E-state index contributed by atoms with van der Waals surface area (Å²) in [6, 6.07) is 12.2. The van der Waals surface area contributed by atoms with Crippen LogP contribution in [0.25, 0.3) is 0 Å². The standard InChI is InChI=1S/C15H16FNO/c1-15(2,3)11-7-9-12(10-8-11)18-14-6-4-5-13(16)17-14/h4-10H,1-3H3. The van der Waals surface area contributed by atoms with Crippen LogP contribution in [0.5, 0.6) is 11.6 Å². The maximum atomic E-state index is 12.9. The lowest BCUT2D eigenvalue weighted by Crippen LogP contribution is -2.10. The normalized spacial score (nSPS) is 11.3. The first-order valence-electron chi connectivity index (χ1n) is 5.86. The molecule has 0 unspecified atom stereocenters. The van der Waals surface area contributed by atoms with Gasteiger partial charge in [-0.25, -0.2) is 0 Å². The summed E-state index contributed by atoms with van der Waals surface area (Å²) in [7, 11) is 0. The van der Waals surface area contributed by atoms with Gasteiger partial charge in [-0.3, -0.25) is 0 Å². The Morgan fingerprint density at radius 1 is 1.00 bits per heavy atom. The molecule has 0 bridgehead atoms. The maximum absolute atomic E-state index is 12.9. The summed E-state index contributed by atoms with van der Waals surface area (Å²) in [6.45, 7) is 6.45. The topological polar surface area (TPSA) is 22.1 Å². The van der Waals surface area contributed by atoms with Gasteiger partial charge in [0, 0.05) is 6.07 Å². The van der Waals surface area contributed by atoms with Gasteiger partial charge in [0.15, 0.2) is 0 Å². The molecule has 0 spiro atoms. The zero-order valence-electron chi connectivity index (χ0n) is 10.8. The summed E-state index contributed by atoms with van der Waals surface area (Å²) >= 11 is 0. The molecule has 18 heavy (non-hydrogen) atoms. The number of hydrogen-bond acceptors (Lipinski definition) is 2. The van der Waals surface area contributed by atoms with Crippen molar-refractivity contribution in [3.63, 3.8) is 0 Å². The molecule has 0 N–H and O–H groups in total. The predicted molar refractivity (Wildman–Crippen MR) is 69.4 cm³/mol. The molecule has 0 aliphatic heterocycles. The van der Waals surface area contributed by atoms with E-state index in [1.165, 1.54) is 11.6 Å². The van der Waals surface area contributed by atoms with Crippen molar-refractivity contribution in [1.82, 2.24) is 4.98 Å². The summed E-state index contributed by atoms with van der Waals surface area (Å²) in [6.07, 6.45) is 0. The largest absolute Gasteiger partial charge is 0.439 e. The first-order chi connectivity index (χ1) is 8.45. The molecule has 2 rings (SSSR count). The second-order valence-corrected chi connectivity index (χ2v) is 5.17. The number of aromatic nitrogens is 1. The van der Waals surface area contributed by atoms with Crippen molar-refractivity contribution < 1.29 is 9.13 Å². The van der Waals surface area contributed by atoms with E-state index in [1.54, 1.807) is 12.1 Å². The Balaban J connectivity index is 2.16. The minimum absolute atomic E-state index is 0.107.